The number of hydrogen-bond acceptors (Lipinski definition) is 3. The Bertz CT molecular complexity index is 784. The second-order valence-electron chi connectivity index (χ2n) is 6.77. The lowest BCUT2D eigenvalue weighted by Crippen LogP contribution is -2.39. The summed E-state index contributed by atoms with van der Waals surface area (Å²) in [5.41, 5.74) is 1.65. The Morgan fingerprint density at radius 3 is 2.53 bits per heavy atom. The number of rotatable bonds is 10. The van der Waals surface area contributed by atoms with Crippen LogP contribution in [0.2, 0.25) is 0 Å². The quantitative estimate of drug-likeness (QED) is 0.190. The number of amides is 1. The van der Waals surface area contributed by atoms with Crippen LogP contribution in [0.25, 0.3) is 0 Å². The molecule has 0 radical (unpaired) electrons. The lowest BCUT2D eigenvalue weighted by Gasteiger charge is -2.13. The molecule has 7 heteroatoms. The van der Waals surface area contributed by atoms with Gasteiger partial charge in [-0.15, -0.1) is 24.0 Å². The number of halogens is 1. The van der Waals surface area contributed by atoms with Crippen LogP contribution in [0.1, 0.15) is 43.1 Å². The van der Waals surface area contributed by atoms with Gasteiger partial charge < -0.3 is 20.7 Å². The number of ether oxygens (including phenoxy) is 1. The van der Waals surface area contributed by atoms with E-state index in [0.717, 1.165) is 30.2 Å². The summed E-state index contributed by atoms with van der Waals surface area (Å²) in [4.78, 5) is 16.9. The zero-order chi connectivity index (χ0) is 20.9. The number of hydrogen-bond donors (Lipinski definition) is 3. The first-order valence-electron chi connectivity index (χ1n) is 10.2. The van der Waals surface area contributed by atoms with E-state index in [1.54, 1.807) is 0 Å². The highest BCUT2D eigenvalue weighted by Crippen LogP contribution is 2.08. The summed E-state index contributed by atoms with van der Waals surface area (Å²) in [5, 5.41) is 9.49. The molecule has 2 aromatic carbocycles. The van der Waals surface area contributed by atoms with Gasteiger partial charge >= 0.3 is 0 Å². The number of benzene rings is 2. The summed E-state index contributed by atoms with van der Waals surface area (Å²) < 4.78 is 5.69. The molecule has 6 nitrogen and oxygen atoms in total. The van der Waals surface area contributed by atoms with E-state index >= 15 is 0 Å². The second-order valence-corrected chi connectivity index (χ2v) is 6.77. The van der Waals surface area contributed by atoms with Crippen LogP contribution in [0.3, 0.4) is 0 Å². The number of aliphatic imine (C=N–C) groups is 1. The van der Waals surface area contributed by atoms with E-state index in [-0.39, 0.29) is 35.9 Å². The third-order valence-corrected chi connectivity index (χ3v) is 4.35. The fourth-order valence-corrected chi connectivity index (χ4v) is 2.59. The Hall–Kier alpha value is -2.29. The molecular weight excluding hydrogens is 491 g/mol. The predicted octanol–water partition coefficient (Wildman–Crippen LogP) is 3.97. The topological polar surface area (TPSA) is 74.8 Å². The van der Waals surface area contributed by atoms with E-state index in [0.29, 0.717) is 25.3 Å². The molecule has 0 aliphatic rings. The maximum atomic E-state index is 12.3. The van der Waals surface area contributed by atoms with Crippen LogP contribution < -0.4 is 20.7 Å². The average Bonchev–Trinajstić information content (AvgIpc) is 2.75. The van der Waals surface area contributed by atoms with Crippen LogP contribution in [0, 0.1) is 0 Å². The molecule has 164 valence electrons. The van der Waals surface area contributed by atoms with Crippen LogP contribution in [-0.4, -0.2) is 37.6 Å². The monoisotopic (exact) mass is 524 g/mol. The molecular formula is C23H33IN4O2. The summed E-state index contributed by atoms with van der Waals surface area (Å²) in [6.45, 7) is 8.51. The van der Waals surface area contributed by atoms with Gasteiger partial charge in [0.25, 0.3) is 5.91 Å². The molecule has 2 rings (SSSR count). The fraction of sp³-hybridized carbons (Fsp3) is 0.391. The lowest BCUT2D eigenvalue weighted by molar-refractivity contribution is 0.0939. The summed E-state index contributed by atoms with van der Waals surface area (Å²) in [6.07, 6.45) is 0.904. The van der Waals surface area contributed by atoms with Gasteiger partial charge in [-0.25, -0.2) is 4.99 Å². The summed E-state index contributed by atoms with van der Waals surface area (Å²) in [5.74, 6) is 1.52. The van der Waals surface area contributed by atoms with Gasteiger partial charge in [-0.2, -0.15) is 0 Å². The third-order valence-electron chi connectivity index (χ3n) is 4.35. The van der Waals surface area contributed by atoms with Crippen molar-refractivity contribution in [1.29, 1.82) is 0 Å². The molecule has 0 saturated carbocycles. The maximum Gasteiger partial charge on any atom is 0.251 e. The minimum absolute atomic E-state index is 0. The second kappa shape index (κ2) is 14.7. The molecule has 0 heterocycles. The van der Waals surface area contributed by atoms with Crippen LogP contribution in [0.5, 0.6) is 5.75 Å². The first kappa shape index (κ1) is 25.7. The van der Waals surface area contributed by atoms with Gasteiger partial charge in [0.15, 0.2) is 5.96 Å². The van der Waals surface area contributed by atoms with Crippen molar-refractivity contribution >= 4 is 35.8 Å². The molecule has 1 amide bonds. The van der Waals surface area contributed by atoms with Gasteiger partial charge in [0.2, 0.25) is 0 Å². The van der Waals surface area contributed by atoms with Crippen molar-refractivity contribution in [3.63, 3.8) is 0 Å². The molecule has 0 aromatic heterocycles. The number of nitrogens with one attached hydrogen (secondary N) is 3. The van der Waals surface area contributed by atoms with Crippen LogP contribution in [0.15, 0.2) is 59.6 Å². The van der Waals surface area contributed by atoms with Gasteiger partial charge in [-0.3, -0.25) is 4.79 Å². The largest absolute Gasteiger partial charge is 0.492 e. The summed E-state index contributed by atoms with van der Waals surface area (Å²) >= 11 is 0. The summed E-state index contributed by atoms with van der Waals surface area (Å²) in [6, 6.07) is 17.5. The Kier molecular flexibility index (Phi) is 12.6. The first-order valence-corrected chi connectivity index (χ1v) is 10.2. The molecule has 0 saturated heterocycles. The Labute approximate surface area is 196 Å². The molecule has 2 aromatic rings. The molecule has 0 bridgehead atoms. The van der Waals surface area contributed by atoms with Crippen LogP contribution >= 0.6 is 24.0 Å². The molecule has 0 spiro atoms. The zero-order valence-electron chi connectivity index (χ0n) is 18.0. The fourth-order valence-electron chi connectivity index (χ4n) is 2.59. The summed E-state index contributed by atoms with van der Waals surface area (Å²) in [7, 11) is 0. The van der Waals surface area contributed by atoms with Crippen molar-refractivity contribution in [1.82, 2.24) is 16.0 Å². The minimum atomic E-state index is -0.0479. The SMILES string of the molecule is CCNC(=NCc1cccc(C(=O)NC(C)CC)c1)NCCOc1ccccc1.I. The average molecular weight is 524 g/mol. The number of nitrogens with zero attached hydrogens (tertiary/aromatic N) is 1. The predicted molar refractivity (Wildman–Crippen MR) is 134 cm³/mol. The third kappa shape index (κ3) is 9.47. The van der Waals surface area contributed by atoms with Gasteiger partial charge in [0, 0.05) is 18.2 Å². The Balaban J connectivity index is 0.00000450. The van der Waals surface area contributed by atoms with Crippen molar-refractivity contribution in [3.05, 3.63) is 65.7 Å². The van der Waals surface area contributed by atoms with E-state index < -0.39 is 0 Å². The van der Waals surface area contributed by atoms with Crippen molar-refractivity contribution in [2.45, 2.75) is 39.8 Å². The van der Waals surface area contributed by atoms with Gasteiger partial charge in [0.05, 0.1) is 13.1 Å². The first-order chi connectivity index (χ1) is 14.1. The van der Waals surface area contributed by atoms with Crippen LogP contribution in [-0.2, 0) is 6.54 Å². The van der Waals surface area contributed by atoms with Gasteiger partial charge in [-0.1, -0.05) is 37.3 Å². The normalized spacial score (nSPS) is 11.8. The van der Waals surface area contributed by atoms with E-state index in [4.69, 9.17) is 4.74 Å². The number of guanidine groups is 1. The van der Waals surface area contributed by atoms with Gasteiger partial charge in [-0.05, 0) is 50.1 Å². The molecule has 0 aliphatic carbocycles. The van der Waals surface area contributed by atoms with E-state index in [1.165, 1.54) is 0 Å². The molecule has 30 heavy (non-hydrogen) atoms. The zero-order valence-corrected chi connectivity index (χ0v) is 20.3. The number of para-hydroxylation sites is 1. The molecule has 1 atom stereocenters. The highest BCUT2D eigenvalue weighted by atomic mass is 127. The maximum absolute atomic E-state index is 12.3. The molecule has 0 fully saturated rings. The standard InChI is InChI=1S/C23H32N4O2.HI/c1-4-18(3)27-22(28)20-11-9-10-19(16-20)17-26-23(24-5-2)25-14-15-29-21-12-7-6-8-13-21;/h6-13,16,18H,4-5,14-15,17H2,1-3H3,(H,27,28)(H2,24,25,26);1H. The van der Waals surface area contributed by atoms with Crippen LogP contribution in [0.4, 0.5) is 0 Å². The highest BCUT2D eigenvalue weighted by Gasteiger charge is 2.09. The smallest absolute Gasteiger partial charge is 0.251 e. The van der Waals surface area contributed by atoms with Crippen molar-refractivity contribution in [2.24, 2.45) is 4.99 Å². The number of carbonyl (C=O) groups excluding carboxylic acids is 1. The lowest BCUT2D eigenvalue weighted by atomic mass is 10.1. The van der Waals surface area contributed by atoms with E-state index in [1.807, 2.05) is 68.4 Å². The molecule has 3 N–H and O–H groups in total. The Morgan fingerprint density at radius 2 is 1.83 bits per heavy atom. The highest BCUT2D eigenvalue weighted by molar-refractivity contribution is 14.0. The number of carbonyl (C=O) groups is 1. The van der Waals surface area contributed by atoms with Crippen molar-refractivity contribution in [3.8, 4) is 5.75 Å². The molecule has 0 aliphatic heterocycles. The minimum Gasteiger partial charge on any atom is -0.492 e. The van der Waals surface area contributed by atoms with E-state index in [9.17, 15) is 4.79 Å². The van der Waals surface area contributed by atoms with Crippen molar-refractivity contribution < 1.29 is 9.53 Å². The van der Waals surface area contributed by atoms with E-state index in [2.05, 4.69) is 27.9 Å². The van der Waals surface area contributed by atoms with Crippen molar-refractivity contribution in [2.75, 3.05) is 19.7 Å². The molecule has 1 unspecified atom stereocenters. The van der Waals surface area contributed by atoms with Gasteiger partial charge in [0.1, 0.15) is 12.4 Å². The Morgan fingerprint density at radius 1 is 1.07 bits per heavy atom.